The smallest absolute Gasteiger partial charge is 0.338 e. The highest BCUT2D eigenvalue weighted by Crippen LogP contribution is 2.28. The summed E-state index contributed by atoms with van der Waals surface area (Å²) in [5.41, 5.74) is 0.511. The second-order valence-corrected chi connectivity index (χ2v) is 6.56. The third-order valence-electron chi connectivity index (χ3n) is 3.69. The normalized spacial score (nSPS) is 10.1. The number of hydrogen-bond donors (Lipinski definition) is 2. The molecule has 2 N–H and O–H groups in total. The van der Waals surface area contributed by atoms with Crippen LogP contribution in [0.3, 0.4) is 0 Å². The maximum atomic E-state index is 12.1. The largest absolute Gasteiger partial charge is 0.452 e. The van der Waals surface area contributed by atoms with Gasteiger partial charge in [-0.05, 0) is 43.5 Å². The molecule has 0 aliphatic heterocycles. The minimum absolute atomic E-state index is 0.0273. The number of carbonyl (C=O) groups is 3. The molecule has 2 amide bonds. The van der Waals surface area contributed by atoms with Crippen LogP contribution in [0.1, 0.15) is 27.6 Å². The molecule has 0 aromatic heterocycles. The zero-order valence-electron chi connectivity index (χ0n) is 15.8. The van der Waals surface area contributed by atoms with E-state index in [1.807, 2.05) is 0 Å². The van der Waals surface area contributed by atoms with E-state index in [4.69, 9.17) is 4.74 Å². The first-order chi connectivity index (χ1) is 13.8. The zero-order valence-corrected chi connectivity index (χ0v) is 16.6. The molecule has 152 valence electrons. The van der Waals surface area contributed by atoms with Crippen LogP contribution in [0.4, 0.5) is 11.4 Å². The zero-order chi connectivity index (χ0) is 21.4. The monoisotopic (exact) mass is 417 g/mol. The molecule has 0 heterocycles. The van der Waals surface area contributed by atoms with Gasteiger partial charge in [0.25, 0.3) is 17.5 Å². The molecular weight excluding hydrogens is 398 g/mol. The maximum absolute atomic E-state index is 12.1. The number of benzene rings is 2. The lowest BCUT2D eigenvalue weighted by Gasteiger charge is -2.09. The van der Waals surface area contributed by atoms with Gasteiger partial charge in [-0.15, -0.1) is 11.8 Å². The summed E-state index contributed by atoms with van der Waals surface area (Å²) in [6.07, 6.45) is 1.69. The fourth-order valence-corrected chi connectivity index (χ4v) is 2.92. The van der Waals surface area contributed by atoms with Gasteiger partial charge in [0.1, 0.15) is 0 Å². The summed E-state index contributed by atoms with van der Waals surface area (Å²) in [7, 11) is 0. The van der Waals surface area contributed by atoms with Crippen molar-refractivity contribution in [3.63, 3.8) is 0 Å². The van der Waals surface area contributed by atoms with Gasteiger partial charge >= 0.3 is 5.97 Å². The SMILES string of the molecule is CCNC(=O)c1cccc(NC(=O)COC(=O)c2ccc(SC)c([N+](=O)[O-])c2)c1. The molecule has 9 nitrogen and oxygen atoms in total. The molecule has 10 heteroatoms. The highest BCUT2D eigenvalue weighted by atomic mass is 32.2. The third kappa shape index (κ3) is 6.04. The van der Waals surface area contributed by atoms with E-state index in [2.05, 4.69) is 10.6 Å². The number of hydrogen-bond acceptors (Lipinski definition) is 7. The van der Waals surface area contributed by atoms with Crippen LogP contribution in [0.5, 0.6) is 0 Å². The Kier molecular flexibility index (Phi) is 7.72. The fourth-order valence-electron chi connectivity index (χ4n) is 2.37. The first kappa shape index (κ1) is 21.9. The molecule has 2 aromatic rings. The Labute approximate surface area is 171 Å². The highest BCUT2D eigenvalue weighted by molar-refractivity contribution is 7.98. The Morgan fingerprint density at radius 2 is 1.90 bits per heavy atom. The van der Waals surface area contributed by atoms with E-state index in [-0.39, 0.29) is 17.2 Å². The third-order valence-corrected chi connectivity index (χ3v) is 4.48. The number of amides is 2. The summed E-state index contributed by atoms with van der Waals surface area (Å²) >= 11 is 1.18. The molecule has 0 saturated heterocycles. The van der Waals surface area contributed by atoms with E-state index >= 15 is 0 Å². The summed E-state index contributed by atoms with van der Waals surface area (Å²) < 4.78 is 4.93. The summed E-state index contributed by atoms with van der Waals surface area (Å²) in [6.45, 7) is 1.69. The van der Waals surface area contributed by atoms with E-state index in [9.17, 15) is 24.5 Å². The predicted octanol–water partition coefficient (Wildman–Crippen LogP) is 2.86. The second kappa shape index (κ2) is 10.2. The number of ether oxygens (including phenoxy) is 1. The number of anilines is 1. The summed E-state index contributed by atoms with van der Waals surface area (Å²) in [4.78, 5) is 46.9. The van der Waals surface area contributed by atoms with Gasteiger partial charge in [-0.3, -0.25) is 19.7 Å². The number of nitro groups is 1. The molecular formula is C19H19N3O6S. The molecule has 2 aromatic carbocycles. The van der Waals surface area contributed by atoms with Crippen LogP contribution in [0.25, 0.3) is 0 Å². The molecule has 0 fully saturated rings. The Bertz CT molecular complexity index is 947. The Morgan fingerprint density at radius 3 is 2.55 bits per heavy atom. The molecule has 0 radical (unpaired) electrons. The summed E-state index contributed by atoms with van der Waals surface area (Å²) in [6, 6.07) is 10.3. The van der Waals surface area contributed by atoms with Crippen molar-refractivity contribution < 1.29 is 24.0 Å². The lowest BCUT2D eigenvalue weighted by atomic mass is 10.2. The number of thioether (sulfide) groups is 1. The van der Waals surface area contributed by atoms with Crippen molar-refractivity contribution in [3.05, 3.63) is 63.7 Å². The Morgan fingerprint density at radius 1 is 1.14 bits per heavy atom. The average molecular weight is 417 g/mol. The van der Waals surface area contributed by atoms with E-state index in [0.29, 0.717) is 22.7 Å². The quantitative estimate of drug-likeness (QED) is 0.292. The van der Waals surface area contributed by atoms with E-state index in [1.54, 1.807) is 31.4 Å². The Balaban J connectivity index is 1.98. The highest BCUT2D eigenvalue weighted by Gasteiger charge is 2.18. The van der Waals surface area contributed by atoms with E-state index < -0.39 is 23.4 Å². The number of nitro benzene ring substituents is 1. The molecule has 2 rings (SSSR count). The van der Waals surface area contributed by atoms with Crippen LogP contribution in [-0.2, 0) is 9.53 Å². The number of carbonyl (C=O) groups excluding carboxylic acids is 3. The van der Waals surface area contributed by atoms with Crippen LogP contribution < -0.4 is 10.6 Å². The molecule has 0 atom stereocenters. The van der Waals surface area contributed by atoms with Crippen molar-refractivity contribution in [1.82, 2.24) is 5.32 Å². The van der Waals surface area contributed by atoms with Gasteiger partial charge in [0.15, 0.2) is 6.61 Å². The standard InChI is InChI=1S/C19H19N3O6S/c1-3-20-18(24)12-5-4-6-14(9-12)21-17(23)11-28-19(25)13-7-8-16(29-2)15(10-13)22(26)27/h4-10H,3,11H2,1-2H3,(H,20,24)(H,21,23). The van der Waals surface area contributed by atoms with Gasteiger partial charge < -0.3 is 15.4 Å². The van der Waals surface area contributed by atoms with Gasteiger partial charge in [0.05, 0.1) is 15.4 Å². The van der Waals surface area contributed by atoms with Gasteiger partial charge in [-0.1, -0.05) is 6.07 Å². The lowest BCUT2D eigenvalue weighted by molar-refractivity contribution is -0.387. The molecule has 0 aliphatic carbocycles. The van der Waals surface area contributed by atoms with Crippen LogP contribution in [0.2, 0.25) is 0 Å². The van der Waals surface area contributed by atoms with E-state index in [0.717, 1.165) is 6.07 Å². The van der Waals surface area contributed by atoms with Crippen LogP contribution >= 0.6 is 11.8 Å². The van der Waals surface area contributed by atoms with Crippen molar-refractivity contribution in [1.29, 1.82) is 0 Å². The Hall–Kier alpha value is -3.40. The topological polar surface area (TPSA) is 128 Å². The molecule has 0 aliphatic rings. The summed E-state index contributed by atoms with van der Waals surface area (Å²) in [5, 5.41) is 16.3. The molecule has 0 spiro atoms. The second-order valence-electron chi connectivity index (χ2n) is 5.71. The first-order valence-electron chi connectivity index (χ1n) is 8.53. The van der Waals surface area contributed by atoms with E-state index in [1.165, 1.54) is 30.0 Å². The molecule has 29 heavy (non-hydrogen) atoms. The van der Waals surface area contributed by atoms with Crippen LogP contribution in [0, 0.1) is 10.1 Å². The number of nitrogens with zero attached hydrogens (tertiary/aromatic N) is 1. The first-order valence-corrected chi connectivity index (χ1v) is 9.75. The van der Waals surface area contributed by atoms with Gasteiger partial charge in [0, 0.05) is 23.9 Å². The van der Waals surface area contributed by atoms with Crippen molar-refractivity contribution in [3.8, 4) is 0 Å². The molecule has 0 unspecified atom stereocenters. The maximum Gasteiger partial charge on any atom is 0.338 e. The molecule has 0 bridgehead atoms. The fraction of sp³-hybridized carbons (Fsp3) is 0.211. The number of esters is 1. The minimum Gasteiger partial charge on any atom is -0.452 e. The van der Waals surface area contributed by atoms with Crippen LogP contribution in [-0.4, -0.2) is 42.1 Å². The number of nitrogens with one attached hydrogen (secondary N) is 2. The van der Waals surface area contributed by atoms with Gasteiger partial charge in [-0.2, -0.15) is 0 Å². The van der Waals surface area contributed by atoms with Crippen molar-refractivity contribution in [2.24, 2.45) is 0 Å². The van der Waals surface area contributed by atoms with Crippen molar-refractivity contribution >= 4 is 40.9 Å². The average Bonchev–Trinajstić information content (AvgIpc) is 2.71. The van der Waals surface area contributed by atoms with Crippen molar-refractivity contribution in [2.45, 2.75) is 11.8 Å². The predicted molar refractivity (Wildman–Crippen MR) is 108 cm³/mol. The minimum atomic E-state index is -0.855. The van der Waals surface area contributed by atoms with Gasteiger partial charge in [-0.25, -0.2) is 4.79 Å². The van der Waals surface area contributed by atoms with Gasteiger partial charge in [0.2, 0.25) is 0 Å². The van der Waals surface area contributed by atoms with Crippen molar-refractivity contribution in [2.75, 3.05) is 24.7 Å². The lowest BCUT2D eigenvalue weighted by Crippen LogP contribution is -2.23. The number of rotatable bonds is 8. The molecule has 0 saturated carbocycles. The van der Waals surface area contributed by atoms with Crippen LogP contribution in [0.15, 0.2) is 47.4 Å². The summed E-state index contributed by atoms with van der Waals surface area (Å²) in [5.74, 6) is -1.74.